The Balaban J connectivity index is 2.14. The van der Waals surface area contributed by atoms with Crippen molar-refractivity contribution in [3.05, 3.63) is 65.0 Å². The van der Waals surface area contributed by atoms with Crippen LogP contribution in [0.15, 0.2) is 36.4 Å². The number of nitrogens with one attached hydrogen (secondary N) is 1. The lowest BCUT2D eigenvalue weighted by atomic mass is 10.1. The Morgan fingerprint density at radius 3 is 2.56 bits per heavy atom. The molecular weight excluding hydrogens is 239 g/mol. The van der Waals surface area contributed by atoms with Crippen LogP contribution in [-0.2, 0) is 6.54 Å². The highest BCUT2D eigenvalue weighted by Crippen LogP contribution is 2.18. The molecule has 2 aromatic carbocycles. The van der Waals surface area contributed by atoms with Crippen LogP contribution in [0.25, 0.3) is 0 Å². The van der Waals surface area contributed by atoms with Crippen molar-refractivity contribution in [2.24, 2.45) is 0 Å². The molecule has 94 valence electrons. The highest BCUT2D eigenvalue weighted by atomic mass is 19.2. The van der Waals surface area contributed by atoms with Crippen LogP contribution in [0.1, 0.15) is 11.1 Å². The van der Waals surface area contributed by atoms with E-state index in [0.29, 0.717) is 6.54 Å². The highest BCUT2D eigenvalue weighted by Gasteiger charge is 2.07. The summed E-state index contributed by atoms with van der Waals surface area (Å²) in [5, 5.41) is 2.79. The lowest BCUT2D eigenvalue weighted by Crippen LogP contribution is -2.04. The van der Waals surface area contributed by atoms with Crippen LogP contribution in [0.5, 0.6) is 0 Å². The molecule has 18 heavy (non-hydrogen) atoms. The average molecular weight is 251 g/mol. The Kier molecular flexibility index (Phi) is 3.55. The van der Waals surface area contributed by atoms with Gasteiger partial charge >= 0.3 is 0 Å². The Hall–Kier alpha value is -1.97. The zero-order chi connectivity index (χ0) is 13.1. The summed E-state index contributed by atoms with van der Waals surface area (Å²) >= 11 is 0. The Morgan fingerprint density at radius 2 is 1.83 bits per heavy atom. The summed E-state index contributed by atoms with van der Waals surface area (Å²) in [7, 11) is 0. The van der Waals surface area contributed by atoms with Gasteiger partial charge in [-0.3, -0.25) is 0 Å². The molecule has 2 rings (SSSR count). The van der Waals surface area contributed by atoms with Crippen molar-refractivity contribution in [2.45, 2.75) is 13.5 Å². The van der Waals surface area contributed by atoms with E-state index in [-0.39, 0.29) is 11.5 Å². The zero-order valence-electron chi connectivity index (χ0n) is 9.81. The van der Waals surface area contributed by atoms with E-state index in [0.717, 1.165) is 17.2 Å². The molecule has 0 fully saturated rings. The minimum absolute atomic E-state index is 0.0960. The van der Waals surface area contributed by atoms with E-state index in [2.05, 4.69) is 5.32 Å². The van der Waals surface area contributed by atoms with Crippen LogP contribution in [-0.4, -0.2) is 0 Å². The number of anilines is 1. The van der Waals surface area contributed by atoms with Gasteiger partial charge in [-0.2, -0.15) is 0 Å². The van der Waals surface area contributed by atoms with Gasteiger partial charge < -0.3 is 5.32 Å². The third-order valence-corrected chi connectivity index (χ3v) is 2.73. The lowest BCUT2D eigenvalue weighted by molar-refractivity contribution is 0.511. The van der Waals surface area contributed by atoms with Gasteiger partial charge in [0.05, 0.1) is 5.69 Å². The molecule has 0 spiro atoms. The summed E-state index contributed by atoms with van der Waals surface area (Å²) in [6, 6.07) is 8.30. The van der Waals surface area contributed by atoms with E-state index < -0.39 is 11.6 Å². The van der Waals surface area contributed by atoms with Gasteiger partial charge in [-0.05, 0) is 42.3 Å². The van der Waals surface area contributed by atoms with Crippen molar-refractivity contribution >= 4 is 5.69 Å². The quantitative estimate of drug-likeness (QED) is 0.868. The standard InChI is InChI=1S/C14H12F3N/c1-9-7-11(15)6-5-10(9)8-18-13-4-2-3-12(16)14(13)17/h2-7,18H,8H2,1H3. The van der Waals surface area contributed by atoms with Crippen LogP contribution >= 0.6 is 0 Å². The molecule has 4 heteroatoms. The van der Waals surface area contributed by atoms with Crippen LogP contribution in [0.3, 0.4) is 0 Å². The second-order valence-corrected chi connectivity index (χ2v) is 4.03. The molecule has 0 radical (unpaired) electrons. The van der Waals surface area contributed by atoms with E-state index >= 15 is 0 Å². The first-order chi connectivity index (χ1) is 8.58. The number of hydrogen-bond donors (Lipinski definition) is 1. The second-order valence-electron chi connectivity index (χ2n) is 4.03. The fourth-order valence-corrected chi connectivity index (χ4v) is 1.69. The first kappa shape index (κ1) is 12.5. The number of aryl methyl sites for hydroxylation is 1. The van der Waals surface area contributed by atoms with Crippen LogP contribution in [0.2, 0.25) is 0 Å². The molecule has 0 aromatic heterocycles. The normalized spacial score (nSPS) is 10.4. The summed E-state index contributed by atoms with van der Waals surface area (Å²) in [4.78, 5) is 0. The summed E-state index contributed by atoms with van der Waals surface area (Å²) in [6.07, 6.45) is 0. The topological polar surface area (TPSA) is 12.0 Å². The van der Waals surface area contributed by atoms with Gasteiger partial charge in [-0.15, -0.1) is 0 Å². The van der Waals surface area contributed by atoms with Crippen molar-refractivity contribution in [3.63, 3.8) is 0 Å². The summed E-state index contributed by atoms with van der Waals surface area (Å²) in [6.45, 7) is 2.08. The molecule has 0 amide bonds. The van der Waals surface area contributed by atoms with E-state index in [9.17, 15) is 13.2 Å². The van der Waals surface area contributed by atoms with Gasteiger partial charge in [0.1, 0.15) is 5.82 Å². The minimum Gasteiger partial charge on any atom is -0.379 e. The number of halogens is 3. The van der Waals surface area contributed by atoms with Crippen molar-refractivity contribution < 1.29 is 13.2 Å². The molecule has 0 unspecified atom stereocenters. The number of rotatable bonds is 3. The molecule has 0 saturated carbocycles. The largest absolute Gasteiger partial charge is 0.379 e. The monoisotopic (exact) mass is 251 g/mol. The van der Waals surface area contributed by atoms with Gasteiger partial charge in [0.2, 0.25) is 0 Å². The van der Waals surface area contributed by atoms with Gasteiger partial charge in [-0.1, -0.05) is 12.1 Å². The summed E-state index contributed by atoms with van der Waals surface area (Å²) in [5.74, 6) is -2.11. The SMILES string of the molecule is Cc1cc(F)ccc1CNc1cccc(F)c1F. The maximum atomic E-state index is 13.4. The predicted molar refractivity (Wildman–Crippen MR) is 64.8 cm³/mol. The van der Waals surface area contributed by atoms with Gasteiger partial charge in [-0.25, -0.2) is 13.2 Å². The molecule has 0 aliphatic rings. The smallest absolute Gasteiger partial charge is 0.181 e. The molecule has 1 N–H and O–H groups in total. The van der Waals surface area contributed by atoms with Crippen LogP contribution in [0.4, 0.5) is 18.9 Å². The van der Waals surface area contributed by atoms with Crippen molar-refractivity contribution in [2.75, 3.05) is 5.32 Å². The Morgan fingerprint density at radius 1 is 1.06 bits per heavy atom. The van der Waals surface area contributed by atoms with Crippen molar-refractivity contribution in [3.8, 4) is 0 Å². The minimum atomic E-state index is -0.905. The van der Waals surface area contributed by atoms with E-state index in [1.165, 1.54) is 24.3 Å². The highest BCUT2D eigenvalue weighted by molar-refractivity contribution is 5.46. The first-order valence-electron chi connectivity index (χ1n) is 5.51. The van der Waals surface area contributed by atoms with E-state index in [1.807, 2.05) is 0 Å². The average Bonchev–Trinajstić information content (AvgIpc) is 2.33. The lowest BCUT2D eigenvalue weighted by Gasteiger charge is -2.10. The fraction of sp³-hybridized carbons (Fsp3) is 0.143. The molecular formula is C14H12F3N. The maximum absolute atomic E-state index is 13.4. The molecule has 1 nitrogen and oxygen atoms in total. The molecule has 0 aliphatic heterocycles. The number of benzene rings is 2. The van der Waals surface area contributed by atoms with Gasteiger partial charge in [0, 0.05) is 6.54 Å². The molecule has 0 bridgehead atoms. The molecule has 0 saturated heterocycles. The third-order valence-electron chi connectivity index (χ3n) is 2.73. The molecule has 0 heterocycles. The van der Waals surface area contributed by atoms with E-state index in [4.69, 9.17) is 0 Å². The molecule has 0 atom stereocenters. The maximum Gasteiger partial charge on any atom is 0.181 e. The Labute approximate surface area is 103 Å². The predicted octanol–water partition coefficient (Wildman–Crippen LogP) is 4.02. The van der Waals surface area contributed by atoms with E-state index in [1.54, 1.807) is 13.0 Å². The third kappa shape index (κ3) is 2.64. The molecule has 0 aliphatic carbocycles. The fourth-order valence-electron chi connectivity index (χ4n) is 1.69. The summed E-state index contributed by atoms with van der Waals surface area (Å²) in [5.41, 5.74) is 1.69. The Bertz CT molecular complexity index is 567. The van der Waals surface area contributed by atoms with Gasteiger partial charge in [0.15, 0.2) is 11.6 Å². The van der Waals surface area contributed by atoms with Crippen molar-refractivity contribution in [1.82, 2.24) is 0 Å². The second kappa shape index (κ2) is 5.12. The summed E-state index contributed by atoms with van der Waals surface area (Å²) < 4.78 is 39.2. The zero-order valence-corrected chi connectivity index (χ0v) is 9.81. The first-order valence-corrected chi connectivity index (χ1v) is 5.51. The van der Waals surface area contributed by atoms with Crippen molar-refractivity contribution in [1.29, 1.82) is 0 Å². The van der Waals surface area contributed by atoms with Crippen LogP contribution < -0.4 is 5.32 Å². The molecule has 2 aromatic rings. The van der Waals surface area contributed by atoms with Gasteiger partial charge in [0.25, 0.3) is 0 Å². The number of hydrogen-bond acceptors (Lipinski definition) is 1. The van der Waals surface area contributed by atoms with Crippen LogP contribution in [0, 0.1) is 24.4 Å².